The molecule has 1 saturated heterocycles. The largest absolute Gasteiger partial charge is 0.489 e. The van der Waals surface area contributed by atoms with Crippen molar-refractivity contribution in [1.29, 1.82) is 0 Å². The minimum atomic E-state index is -2.47. The molecule has 1 aliphatic heterocycles. The first kappa shape index (κ1) is 22.7. The maximum Gasteiger partial charge on any atom is 0.239 e. The molecule has 0 bridgehead atoms. The summed E-state index contributed by atoms with van der Waals surface area (Å²) in [4.78, 5) is 13.0. The lowest BCUT2D eigenvalue weighted by Gasteiger charge is -2.22. The van der Waals surface area contributed by atoms with Gasteiger partial charge in [-0.15, -0.1) is 0 Å². The van der Waals surface area contributed by atoms with Crippen LogP contribution in [0.2, 0.25) is 0 Å². The van der Waals surface area contributed by atoms with Gasteiger partial charge in [0, 0.05) is 32.0 Å². The summed E-state index contributed by atoms with van der Waals surface area (Å²) in [5.41, 5.74) is 2.04. The second kappa shape index (κ2) is 9.90. The quantitative estimate of drug-likeness (QED) is 0.612. The average Bonchev–Trinajstić information content (AvgIpc) is 3.15. The van der Waals surface area contributed by atoms with Gasteiger partial charge in [-0.2, -0.15) is 0 Å². The molecule has 1 aliphatic rings. The van der Waals surface area contributed by atoms with Crippen molar-refractivity contribution in [2.75, 3.05) is 18.0 Å². The summed E-state index contributed by atoms with van der Waals surface area (Å²) in [7, 11) is 0. The van der Waals surface area contributed by atoms with Crippen LogP contribution >= 0.6 is 0 Å². The Balaban J connectivity index is 1.63. The van der Waals surface area contributed by atoms with Gasteiger partial charge in [-0.3, -0.25) is 4.79 Å². The van der Waals surface area contributed by atoms with E-state index in [2.05, 4.69) is 11.9 Å². The topological polar surface area (TPSA) is 41.6 Å². The number of carbonyl (C=O) groups is 1. The van der Waals surface area contributed by atoms with Crippen molar-refractivity contribution in [1.82, 2.24) is 5.32 Å². The van der Waals surface area contributed by atoms with E-state index in [1.807, 2.05) is 17.0 Å². The first-order valence-electron chi connectivity index (χ1n) is 10.3. The molecule has 31 heavy (non-hydrogen) atoms. The number of amides is 1. The third-order valence-corrected chi connectivity index (χ3v) is 5.39. The molecule has 1 amide bonds. The Hall–Kier alpha value is -2.96. The Labute approximate surface area is 180 Å². The minimum absolute atomic E-state index is 0.120. The van der Waals surface area contributed by atoms with Gasteiger partial charge in [0.15, 0.2) is 0 Å². The molecule has 0 aliphatic carbocycles. The summed E-state index contributed by atoms with van der Waals surface area (Å²) < 4.78 is 46.5. The summed E-state index contributed by atoms with van der Waals surface area (Å²) >= 11 is 0. The third-order valence-electron chi connectivity index (χ3n) is 5.39. The molecule has 0 radical (unpaired) electrons. The Morgan fingerprint density at radius 1 is 1.26 bits per heavy atom. The maximum absolute atomic E-state index is 15.0. The van der Waals surface area contributed by atoms with Crippen LogP contribution in [0.1, 0.15) is 43.7 Å². The van der Waals surface area contributed by atoms with E-state index in [0.717, 1.165) is 12.0 Å². The van der Waals surface area contributed by atoms with Crippen LogP contribution < -0.4 is 15.0 Å². The number of benzene rings is 2. The van der Waals surface area contributed by atoms with Crippen molar-refractivity contribution in [2.45, 2.75) is 45.1 Å². The Bertz CT molecular complexity index is 931. The third kappa shape index (κ3) is 5.81. The van der Waals surface area contributed by atoms with Crippen molar-refractivity contribution in [2.24, 2.45) is 0 Å². The molecule has 0 spiro atoms. The molecular weight excluding hydrogens is 405 g/mol. The van der Waals surface area contributed by atoms with E-state index in [1.165, 1.54) is 6.92 Å². The van der Waals surface area contributed by atoms with Gasteiger partial charge in [0.05, 0.1) is 12.2 Å². The zero-order chi connectivity index (χ0) is 22.5. The van der Waals surface area contributed by atoms with E-state index >= 15 is 4.39 Å². The highest BCUT2D eigenvalue weighted by Crippen LogP contribution is 2.32. The predicted octanol–water partition coefficient (Wildman–Crippen LogP) is 5.35. The number of hydrogen-bond donors (Lipinski definition) is 1. The number of rotatable bonds is 8. The Morgan fingerprint density at radius 3 is 2.61 bits per heavy atom. The minimum Gasteiger partial charge on any atom is -0.489 e. The number of anilines is 1. The van der Waals surface area contributed by atoms with Gasteiger partial charge in [0.2, 0.25) is 12.3 Å². The summed E-state index contributed by atoms with van der Waals surface area (Å²) in [6.07, 6.45) is -2.23. The standard InChI is InChI=1S/C24H27F3N2O2/c1-15(13-23(25)26)21-5-4-6-22(24(21)27)29-12-11-20(14-29)31-19-9-7-18(8-10-19)16(2)28-17(3)30/h4-10,15,20,23H,2,11-14H2,1,3H3,(H,28,30)/t15-,20-/m1/s1. The van der Waals surface area contributed by atoms with Crippen LogP contribution in [0.25, 0.3) is 5.70 Å². The molecule has 2 atom stereocenters. The predicted molar refractivity (Wildman–Crippen MR) is 116 cm³/mol. The molecule has 0 aromatic heterocycles. The number of hydrogen-bond acceptors (Lipinski definition) is 3. The fourth-order valence-corrected chi connectivity index (χ4v) is 3.81. The van der Waals surface area contributed by atoms with Crippen LogP contribution in [0.5, 0.6) is 5.75 Å². The molecule has 1 heterocycles. The number of halogens is 3. The van der Waals surface area contributed by atoms with Gasteiger partial charge in [0.1, 0.15) is 17.7 Å². The van der Waals surface area contributed by atoms with Crippen molar-refractivity contribution in [3.05, 3.63) is 66.0 Å². The second-order valence-corrected chi connectivity index (χ2v) is 7.87. The van der Waals surface area contributed by atoms with E-state index < -0.39 is 18.2 Å². The lowest BCUT2D eigenvalue weighted by molar-refractivity contribution is -0.117. The fourth-order valence-electron chi connectivity index (χ4n) is 3.81. The SMILES string of the molecule is C=C(NC(C)=O)c1ccc(O[C@@H]2CCN(c3cccc([C@H](C)CC(F)F)c3F)C2)cc1. The zero-order valence-corrected chi connectivity index (χ0v) is 17.7. The molecule has 0 saturated carbocycles. The molecule has 2 aromatic rings. The van der Waals surface area contributed by atoms with Crippen LogP contribution in [-0.4, -0.2) is 31.5 Å². The molecule has 4 nitrogen and oxygen atoms in total. The monoisotopic (exact) mass is 432 g/mol. The van der Waals surface area contributed by atoms with Crippen LogP contribution in [0.4, 0.5) is 18.9 Å². The van der Waals surface area contributed by atoms with E-state index in [0.29, 0.717) is 35.8 Å². The number of nitrogens with one attached hydrogen (secondary N) is 1. The first-order valence-corrected chi connectivity index (χ1v) is 10.3. The lowest BCUT2D eigenvalue weighted by atomic mass is 9.96. The van der Waals surface area contributed by atoms with E-state index in [4.69, 9.17) is 4.74 Å². The molecule has 1 fully saturated rings. The number of ether oxygens (including phenoxy) is 1. The van der Waals surface area contributed by atoms with E-state index in [9.17, 15) is 13.6 Å². The fraction of sp³-hybridized carbons (Fsp3) is 0.375. The van der Waals surface area contributed by atoms with Gasteiger partial charge in [-0.25, -0.2) is 13.2 Å². The smallest absolute Gasteiger partial charge is 0.239 e. The van der Waals surface area contributed by atoms with Crippen LogP contribution in [0.3, 0.4) is 0 Å². The van der Waals surface area contributed by atoms with Crippen LogP contribution in [0.15, 0.2) is 49.0 Å². The zero-order valence-electron chi connectivity index (χ0n) is 17.7. The highest BCUT2D eigenvalue weighted by Gasteiger charge is 2.28. The summed E-state index contributed by atoms with van der Waals surface area (Å²) in [6, 6.07) is 12.2. The van der Waals surface area contributed by atoms with Crippen molar-refractivity contribution >= 4 is 17.3 Å². The highest BCUT2D eigenvalue weighted by atomic mass is 19.3. The molecular formula is C24H27F3N2O2. The summed E-state index contributed by atoms with van der Waals surface area (Å²) in [5.74, 6) is -0.500. The maximum atomic E-state index is 15.0. The molecule has 0 unspecified atom stereocenters. The Kier molecular flexibility index (Phi) is 7.25. The number of nitrogens with zero attached hydrogens (tertiary/aromatic N) is 1. The first-order chi connectivity index (χ1) is 14.7. The number of carbonyl (C=O) groups excluding carboxylic acids is 1. The number of alkyl halides is 2. The van der Waals surface area contributed by atoms with Crippen LogP contribution in [-0.2, 0) is 4.79 Å². The van der Waals surface area contributed by atoms with Gasteiger partial charge in [-0.1, -0.05) is 25.6 Å². The van der Waals surface area contributed by atoms with E-state index in [1.54, 1.807) is 37.3 Å². The average molecular weight is 432 g/mol. The second-order valence-electron chi connectivity index (χ2n) is 7.87. The Morgan fingerprint density at radius 2 is 1.97 bits per heavy atom. The van der Waals surface area contributed by atoms with E-state index in [-0.39, 0.29) is 18.4 Å². The molecule has 166 valence electrons. The molecule has 3 rings (SSSR count). The van der Waals surface area contributed by atoms with Gasteiger partial charge in [0.25, 0.3) is 0 Å². The molecule has 1 N–H and O–H groups in total. The van der Waals surface area contributed by atoms with Crippen molar-refractivity contribution in [3.8, 4) is 5.75 Å². The van der Waals surface area contributed by atoms with Gasteiger partial charge >= 0.3 is 0 Å². The van der Waals surface area contributed by atoms with Gasteiger partial charge < -0.3 is 15.0 Å². The highest BCUT2D eigenvalue weighted by molar-refractivity contribution is 5.84. The van der Waals surface area contributed by atoms with Crippen molar-refractivity contribution < 1.29 is 22.7 Å². The lowest BCUT2D eigenvalue weighted by Crippen LogP contribution is -2.25. The summed E-state index contributed by atoms with van der Waals surface area (Å²) in [5, 5.41) is 2.65. The van der Waals surface area contributed by atoms with Gasteiger partial charge in [-0.05, 0) is 47.4 Å². The van der Waals surface area contributed by atoms with Crippen LogP contribution in [0, 0.1) is 5.82 Å². The molecule has 7 heteroatoms. The summed E-state index contributed by atoms with van der Waals surface area (Å²) in [6.45, 7) is 7.99. The van der Waals surface area contributed by atoms with Crippen molar-refractivity contribution in [3.63, 3.8) is 0 Å². The molecule has 2 aromatic carbocycles. The normalized spacial score (nSPS) is 17.0.